The Kier molecular flexibility index (Phi) is 1.62. The van der Waals surface area contributed by atoms with E-state index in [1.165, 1.54) is 0 Å². The van der Waals surface area contributed by atoms with Gasteiger partial charge in [-0.2, -0.15) is 13.2 Å². The predicted molar refractivity (Wildman–Crippen MR) is 22.0 cm³/mol. The lowest BCUT2D eigenvalue weighted by molar-refractivity contribution is 0.267. The Balaban J connectivity index is 4.62. The van der Waals surface area contributed by atoms with Gasteiger partial charge in [-0.15, -0.1) is 0 Å². The smallest absolute Gasteiger partial charge is 0.273 e. The molecule has 0 spiro atoms. The number of hydrogen-bond acceptors (Lipinski definition) is 4. The molecule has 7 heteroatoms. The molecule has 1 amide bonds. The van der Waals surface area contributed by atoms with E-state index in [0.717, 1.165) is 0 Å². The quantitative estimate of drug-likeness (QED) is 0.369. The van der Waals surface area contributed by atoms with Crippen LogP contribution < -0.4 is 0 Å². The monoisotopic (exact) mass is 137 g/mol. The maximum absolute atomic E-state index is 9.58. The maximum atomic E-state index is 9.58. The van der Waals surface area contributed by atoms with Crippen LogP contribution in [0.25, 0.3) is 4.98 Å². The molecule has 6 nitrogen and oxygen atoms in total. The van der Waals surface area contributed by atoms with Gasteiger partial charge in [0.25, 0.3) is 0 Å². The van der Waals surface area contributed by atoms with Crippen molar-refractivity contribution in [3.63, 3.8) is 0 Å². The number of carbonyl (C=O) groups excluding carboxylic acids is 1. The SMILES string of the molecule is N#[N+]C(=O)S(=O)(=O)O. The molecule has 0 fully saturated rings. The summed E-state index contributed by atoms with van der Waals surface area (Å²) in [6, 6.07) is 0. The average molecular weight is 137 g/mol. The van der Waals surface area contributed by atoms with E-state index in [0.29, 0.717) is 0 Å². The molecule has 0 radical (unpaired) electrons. The van der Waals surface area contributed by atoms with Crippen molar-refractivity contribution in [3.8, 4) is 0 Å². The van der Waals surface area contributed by atoms with Crippen LogP contribution in [0.5, 0.6) is 0 Å². The standard InChI is InChI=1S/CN2O4S/c2-3-1(4)8(5,6)7/p+1. The van der Waals surface area contributed by atoms with Crippen molar-refractivity contribution >= 4 is 15.4 Å². The van der Waals surface area contributed by atoms with Crippen LogP contribution in [0.1, 0.15) is 0 Å². The molecule has 0 atom stereocenters. The normalized spacial score (nSPS) is 10.0. The first kappa shape index (κ1) is 7.00. The van der Waals surface area contributed by atoms with Gasteiger partial charge in [0.2, 0.25) is 10.4 Å². The van der Waals surface area contributed by atoms with Gasteiger partial charge in [0.1, 0.15) is 0 Å². The molecule has 1 N–H and O–H groups in total. The highest BCUT2D eigenvalue weighted by Gasteiger charge is 2.32. The minimum absolute atomic E-state index is 1.68. The van der Waals surface area contributed by atoms with Crippen LogP contribution in [0.3, 0.4) is 0 Å². The Hall–Kier alpha value is -1.00. The van der Waals surface area contributed by atoms with Gasteiger partial charge in [0, 0.05) is 0 Å². The summed E-state index contributed by atoms with van der Waals surface area (Å²) in [4.78, 5) is 11.3. The zero-order chi connectivity index (χ0) is 6.78. The van der Waals surface area contributed by atoms with Gasteiger partial charge in [-0.1, -0.05) is 0 Å². The van der Waals surface area contributed by atoms with Gasteiger partial charge in [-0.3, -0.25) is 4.55 Å². The van der Waals surface area contributed by atoms with Gasteiger partial charge in [-0.05, 0) is 0 Å². The number of amides is 1. The van der Waals surface area contributed by atoms with Crippen LogP contribution in [-0.4, -0.2) is 18.2 Å². The second-order valence-corrected chi connectivity index (χ2v) is 2.14. The number of carbonyl (C=O) groups is 1. The highest BCUT2D eigenvalue weighted by Crippen LogP contribution is 1.87. The molecule has 0 heterocycles. The lowest BCUT2D eigenvalue weighted by Crippen LogP contribution is -2.05. The van der Waals surface area contributed by atoms with E-state index in [1.54, 1.807) is 4.98 Å². The molecule has 0 saturated heterocycles. The van der Waals surface area contributed by atoms with Crippen LogP contribution in [0, 0.1) is 5.39 Å². The summed E-state index contributed by atoms with van der Waals surface area (Å²) in [6.07, 6.45) is 0. The molecule has 0 rings (SSSR count). The number of hydrogen-bond donors (Lipinski definition) is 1. The Morgan fingerprint density at radius 2 is 2.00 bits per heavy atom. The first-order chi connectivity index (χ1) is 3.48. The van der Waals surface area contributed by atoms with E-state index < -0.39 is 15.4 Å². The molecule has 0 saturated carbocycles. The molecule has 0 aliphatic heterocycles. The Morgan fingerprint density at radius 3 is 2.00 bits per heavy atom. The highest BCUT2D eigenvalue weighted by molar-refractivity contribution is 8.01. The van der Waals surface area contributed by atoms with Crippen molar-refractivity contribution in [2.45, 2.75) is 0 Å². The fourth-order valence-electron chi connectivity index (χ4n) is 0.0516. The van der Waals surface area contributed by atoms with Crippen molar-refractivity contribution in [2.24, 2.45) is 0 Å². The third kappa shape index (κ3) is 1.63. The zero-order valence-electron chi connectivity index (χ0n) is 3.47. The Bertz CT molecular complexity index is 231. The van der Waals surface area contributed by atoms with Gasteiger partial charge in [0.05, 0.1) is 0 Å². The summed E-state index contributed by atoms with van der Waals surface area (Å²) < 4.78 is 26.7. The summed E-state index contributed by atoms with van der Waals surface area (Å²) in [6.45, 7) is 0. The van der Waals surface area contributed by atoms with Gasteiger partial charge < -0.3 is 0 Å². The summed E-state index contributed by atoms with van der Waals surface area (Å²) in [5.74, 6) is 0. The van der Waals surface area contributed by atoms with Gasteiger partial charge in [-0.25, -0.2) is 0 Å². The molecule has 0 aromatic rings. The van der Waals surface area contributed by atoms with Crippen molar-refractivity contribution in [2.75, 3.05) is 0 Å². The van der Waals surface area contributed by atoms with Gasteiger partial charge in [0.15, 0.2) is 0 Å². The molecule has 0 bridgehead atoms. The van der Waals surface area contributed by atoms with Crippen LogP contribution >= 0.6 is 0 Å². The van der Waals surface area contributed by atoms with Gasteiger partial charge >= 0.3 is 15.4 Å². The summed E-state index contributed by atoms with van der Waals surface area (Å²) in [5.41, 5.74) is 0. The summed E-state index contributed by atoms with van der Waals surface area (Å²) in [7, 11) is -4.81. The van der Waals surface area contributed by atoms with Crippen molar-refractivity contribution in [3.05, 3.63) is 4.98 Å². The molecule has 0 unspecified atom stereocenters. The average Bonchev–Trinajstić information content (AvgIpc) is 1.62. The highest BCUT2D eigenvalue weighted by atomic mass is 32.2. The first-order valence-corrected chi connectivity index (χ1v) is 2.79. The lowest BCUT2D eigenvalue weighted by atomic mass is 11.4. The number of diazo groups is 1. The van der Waals surface area contributed by atoms with Crippen LogP contribution in [0.15, 0.2) is 0 Å². The lowest BCUT2D eigenvalue weighted by Gasteiger charge is -1.66. The number of rotatable bonds is 0. The minimum Gasteiger partial charge on any atom is -0.273 e. The van der Waals surface area contributed by atoms with E-state index in [-0.39, 0.29) is 0 Å². The summed E-state index contributed by atoms with van der Waals surface area (Å²) >= 11 is 0. The molecular weight excluding hydrogens is 136 g/mol. The van der Waals surface area contributed by atoms with E-state index in [1.807, 2.05) is 0 Å². The molecule has 0 aliphatic rings. The first-order valence-electron chi connectivity index (χ1n) is 1.35. The van der Waals surface area contributed by atoms with E-state index >= 15 is 0 Å². The second kappa shape index (κ2) is 1.85. The second-order valence-electron chi connectivity index (χ2n) is 0.841. The maximum Gasteiger partial charge on any atom is 0.705 e. The topological polar surface area (TPSA) is 99.6 Å². The fourth-order valence-corrected chi connectivity index (χ4v) is 0.155. The molecule has 0 aliphatic carbocycles. The van der Waals surface area contributed by atoms with Crippen molar-refractivity contribution in [1.29, 1.82) is 5.39 Å². The Labute approximate surface area is 44.5 Å². The third-order valence-electron chi connectivity index (χ3n) is 0.302. The van der Waals surface area contributed by atoms with Crippen LogP contribution in [-0.2, 0) is 10.1 Å². The Morgan fingerprint density at radius 1 is 1.62 bits per heavy atom. The molecule has 0 aromatic carbocycles. The van der Waals surface area contributed by atoms with Crippen molar-refractivity contribution in [1.82, 2.24) is 0 Å². The van der Waals surface area contributed by atoms with Crippen molar-refractivity contribution < 1.29 is 17.8 Å². The van der Waals surface area contributed by atoms with E-state index in [9.17, 15) is 13.2 Å². The van der Waals surface area contributed by atoms with E-state index in [4.69, 9.17) is 9.95 Å². The molecule has 0 aromatic heterocycles. The van der Waals surface area contributed by atoms with Crippen LogP contribution in [0.2, 0.25) is 0 Å². The largest absolute Gasteiger partial charge is 0.705 e. The molecular formula is CHN2O4S+. The molecule has 44 valence electrons. The fraction of sp³-hybridized carbons (Fsp3) is 0. The minimum atomic E-state index is -4.81. The van der Waals surface area contributed by atoms with E-state index in [2.05, 4.69) is 0 Å². The predicted octanol–water partition coefficient (Wildman–Crippen LogP) is -0.153. The summed E-state index contributed by atoms with van der Waals surface area (Å²) in [5, 5.41) is 5.45. The molecule has 8 heavy (non-hydrogen) atoms. The third-order valence-corrected chi connectivity index (χ3v) is 0.825. The number of nitrogens with zero attached hydrogens (tertiary/aromatic N) is 2. The van der Waals surface area contributed by atoms with Crippen LogP contribution in [0.4, 0.5) is 4.79 Å². The zero-order valence-corrected chi connectivity index (χ0v) is 4.29.